The van der Waals surface area contributed by atoms with Gasteiger partial charge in [0.1, 0.15) is 6.04 Å². The summed E-state index contributed by atoms with van der Waals surface area (Å²) in [5.41, 5.74) is 9.89. The van der Waals surface area contributed by atoms with Crippen molar-refractivity contribution < 1.29 is 9.59 Å². The van der Waals surface area contributed by atoms with Crippen molar-refractivity contribution in [1.29, 1.82) is 0 Å². The Balaban J connectivity index is 1.93. The summed E-state index contributed by atoms with van der Waals surface area (Å²) in [6.45, 7) is 4.06. The third kappa shape index (κ3) is 5.23. The monoisotopic (exact) mass is 324 g/mol. The molecular weight excluding hydrogens is 300 g/mol. The predicted octanol–water partition coefficient (Wildman–Crippen LogP) is 2.45. The molecule has 0 aliphatic heterocycles. The fourth-order valence-electron chi connectivity index (χ4n) is 2.56. The molecule has 0 fully saturated rings. The normalized spacial score (nSPS) is 11.8. The first-order valence-corrected chi connectivity index (χ1v) is 8.14. The minimum absolute atomic E-state index is 0.161. The van der Waals surface area contributed by atoms with Crippen LogP contribution in [0.15, 0.2) is 48.5 Å². The van der Waals surface area contributed by atoms with Crippen molar-refractivity contribution in [2.45, 2.75) is 39.2 Å². The summed E-state index contributed by atoms with van der Waals surface area (Å²) in [6.07, 6.45) is 1.38. The Hall–Kier alpha value is -2.62. The maximum Gasteiger partial charge on any atom is 0.240 e. The van der Waals surface area contributed by atoms with E-state index in [0.29, 0.717) is 19.3 Å². The van der Waals surface area contributed by atoms with Crippen molar-refractivity contribution in [2.24, 2.45) is 5.73 Å². The summed E-state index contributed by atoms with van der Waals surface area (Å²) >= 11 is 0. The number of rotatable bonds is 7. The quantitative estimate of drug-likeness (QED) is 0.821. The fraction of sp³-hybridized carbons (Fsp3) is 0.300. The lowest BCUT2D eigenvalue weighted by Crippen LogP contribution is -2.45. The van der Waals surface area contributed by atoms with E-state index in [9.17, 15) is 9.59 Å². The van der Waals surface area contributed by atoms with Gasteiger partial charge in [0.2, 0.25) is 11.8 Å². The van der Waals surface area contributed by atoms with E-state index in [1.807, 2.05) is 62.4 Å². The van der Waals surface area contributed by atoms with Gasteiger partial charge in [0.15, 0.2) is 0 Å². The fourth-order valence-corrected chi connectivity index (χ4v) is 2.56. The first-order chi connectivity index (χ1) is 11.5. The second-order valence-corrected chi connectivity index (χ2v) is 6.13. The molecule has 2 aromatic carbocycles. The van der Waals surface area contributed by atoms with Crippen LogP contribution >= 0.6 is 0 Å². The minimum Gasteiger partial charge on any atom is -0.368 e. The summed E-state index contributed by atoms with van der Waals surface area (Å²) in [5, 5.41) is 2.76. The van der Waals surface area contributed by atoms with Crippen LogP contribution in [0.2, 0.25) is 0 Å². The maximum absolute atomic E-state index is 12.1. The van der Waals surface area contributed by atoms with Gasteiger partial charge in [-0.05, 0) is 42.5 Å². The SMILES string of the molecule is Cc1ccc(C[C@@H](NC(=O)CCc2ccccc2)C(N)=O)cc1C. The summed E-state index contributed by atoms with van der Waals surface area (Å²) in [5.74, 6) is -0.673. The number of benzene rings is 2. The average molecular weight is 324 g/mol. The Labute approximate surface area is 143 Å². The molecule has 126 valence electrons. The summed E-state index contributed by atoms with van der Waals surface area (Å²) in [7, 11) is 0. The molecule has 0 saturated heterocycles. The number of primary amides is 1. The molecule has 24 heavy (non-hydrogen) atoms. The van der Waals surface area contributed by atoms with Crippen LogP contribution in [-0.4, -0.2) is 17.9 Å². The van der Waals surface area contributed by atoms with E-state index in [1.54, 1.807) is 0 Å². The zero-order valence-electron chi connectivity index (χ0n) is 14.2. The molecule has 0 saturated carbocycles. The Bertz CT molecular complexity index is 711. The van der Waals surface area contributed by atoms with Gasteiger partial charge in [-0.3, -0.25) is 9.59 Å². The van der Waals surface area contributed by atoms with Gasteiger partial charge in [-0.25, -0.2) is 0 Å². The lowest BCUT2D eigenvalue weighted by molar-refractivity contribution is -0.127. The molecule has 0 aliphatic carbocycles. The molecule has 0 spiro atoms. The first-order valence-electron chi connectivity index (χ1n) is 8.14. The third-order valence-electron chi connectivity index (χ3n) is 4.17. The molecular formula is C20H24N2O2. The highest BCUT2D eigenvalue weighted by molar-refractivity contribution is 5.86. The highest BCUT2D eigenvalue weighted by Crippen LogP contribution is 2.12. The molecule has 0 bridgehead atoms. The number of amides is 2. The average Bonchev–Trinajstić information content (AvgIpc) is 2.56. The van der Waals surface area contributed by atoms with E-state index >= 15 is 0 Å². The van der Waals surface area contributed by atoms with Crippen molar-refractivity contribution in [2.75, 3.05) is 0 Å². The standard InChI is InChI=1S/C20H24N2O2/c1-14-8-9-17(12-15(14)2)13-18(20(21)24)22-19(23)11-10-16-6-4-3-5-7-16/h3-9,12,18H,10-11,13H2,1-2H3,(H2,21,24)(H,22,23)/t18-/m1/s1. The van der Waals surface area contributed by atoms with Crippen molar-refractivity contribution >= 4 is 11.8 Å². The minimum atomic E-state index is -0.685. The topological polar surface area (TPSA) is 72.2 Å². The Morgan fingerprint density at radius 3 is 2.33 bits per heavy atom. The summed E-state index contributed by atoms with van der Waals surface area (Å²) in [4.78, 5) is 23.8. The van der Waals surface area contributed by atoms with Gasteiger partial charge in [0.25, 0.3) is 0 Å². The van der Waals surface area contributed by atoms with Gasteiger partial charge in [-0.15, -0.1) is 0 Å². The highest BCUT2D eigenvalue weighted by Gasteiger charge is 2.18. The Morgan fingerprint density at radius 1 is 1.00 bits per heavy atom. The molecule has 0 aromatic heterocycles. The largest absolute Gasteiger partial charge is 0.368 e. The molecule has 0 heterocycles. The van der Waals surface area contributed by atoms with Gasteiger partial charge >= 0.3 is 0 Å². The maximum atomic E-state index is 12.1. The van der Waals surface area contributed by atoms with Crippen LogP contribution in [0, 0.1) is 13.8 Å². The molecule has 2 amide bonds. The molecule has 3 N–H and O–H groups in total. The molecule has 4 heteroatoms. The molecule has 4 nitrogen and oxygen atoms in total. The van der Waals surface area contributed by atoms with Crippen LogP contribution in [-0.2, 0) is 22.4 Å². The molecule has 0 radical (unpaired) electrons. The molecule has 2 aromatic rings. The zero-order valence-corrected chi connectivity index (χ0v) is 14.2. The van der Waals surface area contributed by atoms with Crippen molar-refractivity contribution in [3.63, 3.8) is 0 Å². The van der Waals surface area contributed by atoms with Crippen LogP contribution in [0.1, 0.15) is 28.7 Å². The number of nitrogens with two attached hydrogens (primary N) is 1. The molecule has 1 atom stereocenters. The highest BCUT2D eigenvalue weighted by atomic mass is 16.2. The number of carbonyl (C=O) groups excluding carboxylic acids is 2. The smallest absolute Gasteiger partial charge is 0.240 e. The number of nitrogens with one attached hydrogen (secondary N) is 1. The van der Waals surface area contributed by atoms with Crippen molar-refractivity contribution in [1.82, 2.24) is 5.32 Å². The van der Waals surface area contributed by atoms with Crippen LogP contribution in [0.5, 0.6) is 0 Å². The Morgan fingerprint density at radius 2 is 1.71 bits per heavy atom. The second kappa shape index (κ2) is 8.29. The van der Waals surface area contributed by atoms with E-state index in [-0.39, 0.29) is 5.91 Å². The van der Waals surface area contributed by atoms with Gasteiger partial charge < -0.3 is 11.1 Å². The van der Waals surface area contributed by atoms with E-state index < -0.39 is 11.9 Å². The summed E-state index contributed by atoms with van der Waals surface area (Å²) < 4.78 is 0. The van der Waals surface area contributed by atoms with E-state index in [0.717, 1.165) is 16.7 Å². The summed E-state index contributed by atoms with van der Waals surface area (Å²) in [6, 6.07) is 15.1. The van der Waals surface area contributed by atoms with Crippen LogP contribution < -0.4 is 11.1 Å². The zero-order chi connectivity index (χ0) is 17.5. The van der Waals surface area contributed by atoms with Gasteiger partial charge in [0.05, 0.1) is 0 Å². The molecule has 0 aliphatic rings. The lowest BCUT2D eigenvalue weighted by Gasteiger charge is -2.16. The van der Waals surface area contributed by atoms with Gasteiger partial charge in [-0.2, -0.15) is 0 Å². The van der Waals surface area contributed by atoms with Gasteiger partial charge in [-0.1, -0.05) is 48.5 Å². The van der Waals surface area contributed by atoms with Crippen LogP contribution in [0.4, 0.5) is 0 Å². The molecule has 2 rings (SSSR count). The predicted molar refractivity (Wildman–Crippen MR) is 95.5 cm³/mol. The Kier molecular flexibility index (Phi) is 6.13. The third-order valence-corrected chi connectivity index (χ3v) is 4.17. The van der Waals surface area contributed by atoms with E-state index in [2.05, 4.69) is 5.32 Å². The van der Waals surface area contributed by atoms with Gasteiger partial charge in [0, 0.05) is 12.8 Å². The second-order valence-electron chi connectivity index (χ2n) is 6.13. The van der Waals surface area contributed by atoms with Crippen LogP contribution in [0.3, 0.4) is 0 Å². The number of hydrogen-bond acceptors (Lipinski definition) is 2. The van der Waals surface area contributed by atoms with E-state index in [4.69, 9.17) is 5.73 Å². The van der Waals surface area contributed by atoms with E-state index in [1.165, 1.54) is 5.56 Å². The number of carbonyl (C=O) groups is 2. The number of hydrogen-bond donors (Lipinski definition) is 2. The van der Waals surface area contributed by atoms with Crippen LogP contribution in [0.25, 0.3) is 0 Å². The van der Waals surface area contributed by atoms with Crippen molar-refractivity contribution in [3.05, 3.63) is 70.8 Å². The van der Waals surface area contributed by atoms with Crippen molar-refractivity contribution in [3.8, 4) is 0 Å². The molecule has 0 unspecified atom stereocenters. The lowest BCUT2D eigenvalue weighted by atomic mass is 10.0. The number of aryl methyl sites for hydroxylation is 3. The first kappa shape index (κ1) is 17.7.